The third kappa shape index (κ3) is 6.23. The lowest BCUT2D eigenvalue weighted by molar-refractivity contribution is 0.661. The Balaban J connectivity index is 0.911. The largest absolute Gasteiger partial charge is 0.310 e. The standard InChI is InChI=1S/C81H55N/c1-79(2)74-49-53-25-10-9-24-52(53)48-68(74)64-47-45-56(50-75(64)79)82(57-44-46-63-62-34-13-18-38-69(62)80(76(63)51-57,54-26-5-3-6-27-54)55-28-7-4-8-29-55)77-43-22-17-35-65(77)58-30-11-12-31-59(58)66-37-23-42-73-78(66)67-36-16-21-41-72(67)81(73)70-39-19-14-32-60(70)61-33-15-20-40-71(61)81/h3-51H,1-2H3. The van der Waals surface area contributed by atoms with E-state index < -0.39 is 10.8 Å². The molecule has 17 rings (SSSR count). The van der Waals surface area contributed by atoms with Crippen molar-refractivity contribution >= 4 is 27.8 Å². The highest BCUT2D eigenvalue weighted by molar-refractivity contribution is 6.04. The molecule has 0 fully saturated rings. The van der Waals surface area contributed by atoms with Gasteiger partial charge in [-0.3, -0.25) is 0 Å². The predicted octanol–water partition coefficient (Wildman–Crippen LogP) is 20.7. The number of hydrogen-bond acceptors (Lipinski definition) is 1. The van der Waals surface area contributed by atoms with Crippen LogP contribution in [0.2, 0.25) is 0 Å². The third-order valence-corrected chi connectivity index (χ3v) is 19.2. The minimum Gasteiger partial charge on any atom is -0.310 e. The lowest BCUT2D eigenvalue weighted by Crippen LogP contribution is -2.28. The molecule has 0 aromatic heterocycles. The van der Waals surface area contributed by atoms with Crippen molar-refractivity contribution in [2.75, 3.05) is 4.90 Å². The highest BCUT2D eigenvalue weighted by Crippen LogP contribution is 2.65. The summed E-state index contributed by atoms with van der Waals surface area (Å²) in [5.41, 5.74) is 30.3. The van der Waals surface area contributed by atoms with E-state index in [0.717, 1.165) is 22.6 Å². The van der Waals surface area contributed by atoms with Crippen molar-refractivity contribution in [3.05, 3.63) is 353 Å². The Kier molecular flexibility index (Phi) is 9.96. The number of nitrogens with zero attached hydrogens (tertiary/aromatic N) is 1. The molecule has 384 valence electrons. The van der Waals surface area contributed by atoms with Gasteiger partial charge in [-0.1, -0.05) is 269 Å². The van der Waals surface area contributed by atoms with E-state index in [-0.39, 0.29) is 5.41 Å². The predicted molar refractivity (Wildman–Crippen MR) is 341 cm³/mol. The Labute approximate surface area is 479 Å². The summed E-state index contributed by atoms with van der Waals surface area (Å²) in [5, 5.41) is 2.54. The zero-order valence-electron chi connectivity index (χ0n) is 45.7. The maximum absolute atomic E-state index is 2.57. The maximum atomic E-state index is 2.57. The van der Waals surface area contributed by atoms with Crippen molar-refractivity contribution < 1.29 is 0 Å². The fourth-order valence-corrected chi connectivity index (χ4v) is 15.8. The van der Waals surface area contributed by atoms with Crippen LogP contribution in [0.1, 0.15) is 69.5 Å². The first-order valence-electron chi connectivity index (χ1n) is 28.9. The van der Waals surface area contributed by atoms with Crippen LogP contribution in [0.15, 0.2) is 297 Å². The van der Waals surface area contributed by atoms with Gasteiger partial charge in [0.05, 0.1) is 16.5 Å². The van der Waals surface area contributed by atoms with E-state index in [9.17, 15) is 0 Å². The first kappa shape index (κ1) is 46.8. The van der Waals surface area contributed by atoms with E-state index in [1.807, 2.05) is 0 Å². The van der Waals surface area contributed by atoms with Gasteiger partial charge in [-0.15, -0.1) is 0 Å². The molecule has 4 aliphatic carbocycles. The topological polar surface area (TPSA) is 3.24 Å². The van der Waals surface area contributed by atoms with Gasteiger partial charge >= 0.3 is 0 Å². The van der Waals surface area contributed by atoms with E-state index in [0.29, 0.717) is 0 Å². The molecule has 0 saturated heterocycles. The quantitative estimate of drug-likeness (QED) is 0.154. The van der Waals surface area contributed by atoms with Crippen LogP contribution < -0.4 is 4.90 Å². The van der Waals surface area contributed by atoms with Gasteiger partial charge in [0.1, 0.15) is 0 Å². The SMILES string of the molecule is CC1(C)c2cc(N(c3ccc4c(c3)C(c3ccccc3)(c3ccccc3)c3ccccc3-4)c3ccccc3-c3ccccc3-c3cccc4c3-c3ccccc3C43c4ccccc4-c4ccccc43)ccc2-c2cc3ccccc3cc21. The van der Waals surface area contributed by atoms with Crippen LogP contribution in [-0.2, 0) is 16.2 Å². The molecule has 1 nitrogen and oxygen atoms in total. The molecule has 0 amide bonds. The molecule has 0 saturated carbocycles. The summed E-state index contributed by atoms with van der Waals surface area (Å²) in [7, 11) is 0. The molecule has 82 heavy (non-hydrogen) atoms. The molecule has 1 spiro atoms. The second kappa shape index (κ2) is 17.5. The van der Waals surface area contributed by atoms with Gasteiger partial charge in [0.2, 0.25) is 0 Å². The highest BCUT2D eigenvalue weighted by atomic mass is 15.1. The lowest BCUT2D eigenvalue weighted by atomic mass is 9.67. The molecule has 0 radical (unpaired) electrons. The average Bonchev–Trinajstić information content (AvgIpc) is 2.82. The number of fused-ring (bicyclic) bond motifs is 17. The van der Waals surface area contributed by atoms with Crippen molar-refractivity contribution in [1.82, 2.24) is 0 Å². The van der Waals surface area contributed by atoms with Gasteiger partial charge in [-0.2, -0.15) is 0 Å². The molecule has 13 aromatic carbocycles. The van der Waals surface area contributed by atoms with Gasteiger partial charge in [0.15, 0.2) is 0 Å². The summed E-state index contributed by atoms with van der Waals surface area (Å²) in [6, 6.07) is 112. The van der Waals surface area contributed by atoms with Crippen molar-refractivity contribution in [3.63, 3.8) is 0 Å². The normalized spacial score (nSPS) is 14.5. The van der Waals surface area contributed by atoms with Crippen LogP contribution >= 0.6 is 0 Å². The number of hydrogen-bond donors (Lipinski definition) is 0. The average molecular weight is 1040 g/mol. The minimum absolute atomic E-state index is 0.250. The van der Waals surface area contributed by atoms with Gasteiger partial charge in [-0.25, -0.2) is 0 Å². The van der Waals surface area contributed by atoms with E-state index >= 15 is 0 Å². The van der Waals surface area contributed by atoms with E-state index in [1.165, 1.54) is 128 Å². The van der Waals surface area contributed by atoms with Crippen LogP contribution in [0.5, 0.6) is 0 Å². The molecule has 0 atom stereocenters. The second-order valence-corrected chi connectivity index (χ2v) is 23.4. The fourth-order valence-electron chi connectivity index (χ4n) is 15.8. The number of para-hydroxylation sites is 1. The Morgan fingerprint density at radius 3 is 1.22 bits per heavy atom. The fraction of sp³-hybridized carbons (Fsp3) is 0.0617. The molecular weight excluding hydrogens is 987 g/mol. The third-order valence-electron chi connectivity index (χ3n) is 19.2. The molecule has 0 N–H and O–H groups in total. The van der Waals surface area contributed by atoms with Crippen LogP contribution in [0, 0.1) is 0 Å². The summed E-state index contributed by atoms with van der Waals surface area (Å²) < 4.78 is 0. The van der Waals surface area contributed by atoms with Gasteiger partial charge < -0.3 is 4.90 Å². The van der Waals surface area contributed by atoms with Crippen molar-refractivity contribution in [2.24, 2.45) is 0 Å². The summed E-state index contributed by atoms with van der Waals surface area (Å²) in [6.07, 6.45) is 0. The molecule has 0 aliphatic heterocycles. The first-order valence-corrected chi connectivity index (χ1v) is 28.9. The summed E-state index contributed by atoms with van der Waals surface area (Å²) >= 11 is 0. The monoisotopic (exact) mass is 1040 g/mol. The molecular formula is C81H55N. The van der Waals surface area contributed by atoms with Crippen molar-refractivity contribution in [2.45, 2.75) is 30.1 Å². The summed E-state index contributed by atoms with van der Waals surface area (Å²) in [5.74, 6) is 0. The molecule has 0 heterocycles. The number of benzene rings is 13. The van der Waals surface area contributed by atoms with Crippen LogP contribution in [-0.4, -0.2) is 0 Å². The highest BCUT2D eigenvalue weighted by Gasteiger charge is 2.52. The van der Waals surface area contributed by atoms with Gasteiger partial charge in [0, 0.05) is 22.4 Å². The Morgan fingerprint density at radius 2 is 0.622 bits per heavy atom. The van der Waals surface area contributed by atoms with Crippen LogP contribution in [0.25, 0.3) is 77.5 Å². The van der Waals surface area contributed by atoms with E-state index in [2.05, 4.69) is 316 Å². The van der Waals surface area contributed by atoms with E-state index in [4.69, 9.17) is 0 Å². The van der Waals surface area contributed by atoms with Crippen molar-refractivity contribution in [1.29, 1.82) is 0 Å². The molecule has 0 bridgehead atoms. The zero-order valence-corrected chi connectivity index (χ0v) is 45.7. The van der Waals surface area contributed by atoms with Crippen LogP contribution in [0.4, 0.5) is 17.1 Å². The first-order chi connectivity index (χ1) is 40.5. The molecule has 0 unspecified atom stereocenters. The maximum Gasteiger partial charge on any atom is 0.0725 e. The molecule has 13 aromatic rings. The zero-order chi connectivity index (χ0) is 54.3. The second-order valence-electron chi connectivity index (χ2n) is 23.4. The Bertz CT molecular complexity index is 4700. The minimum atomic E-state index is -0.576. The number of rotatable bonds is 7. The van der Waals surface area contributed by atoms with Gasteiger partial charge in [0.25, 0.3) is 0 Å². The summed E-state index contributed by atoms with van der Waals surface area (Å²) in [4.78, 5) is 2.57. The van der Waals surface area contributed by atoms with Crippen LogP contribution in [0.3, 0.4) is 0 Å². The Morgan fingerprint density at radius 1 is 0.232 bits per heavy atom. The number of anilines is 3. The smallest absolute Gasteiger partial charge is 0.0725 e. The van der Waals surface area contributed by atoms with E-state index in [1.54, 1.807) is 0 Å². The summed E-state index contributed by atoms with van der Waals surface area (Å²) in [6.45, 7) is 4.82. The Hall–Kier alpha value is -10.1. The molecule has 1 heteroatoms. The lowest BCUT2D eigenvalue weighted by Gasteiger charge is -2.35. The van der Waals surface area contributed by atoms with Crippen molar-refractivity contribution in [3.8, 4) is 66.8 Å². The molecule has 4 aliphatic rings. The van der Waals surface area contributed by atoms with Gasteiger partial charge in [-0.05, 0) is 170 Å².